The Bertz CT molecular complexity index is 392. The van der Waals surface area contributed by atoms with Gasteiger partial charge in [0.2, 0.25) is 5.91 Å². The first kappa shape index (κ1) is 14.5. The van der Waals surface area contributed by atoms with E-state index in [2.05, 4.69) is 10.2 Å². The Morgan fingerprint density at radius 3 is 2.50 bits per heavy atom. The molecule has 0 unspecified atom stereocenters. The molecule has 0 heterocycles. The summed E-state index contributed by atoms with van der Waals surface area (Å²) in [5, 5.41) is 2.81. The van der Waals surface area contributed by atoms with Gasteiger partial charge in [-0.1, -0.05) is 12.1 Å². The van der Waals surface area contributed by atoms with Crippen molar-refractivity contribution in [2.24, 2.45) is 0 Å². The van der Waals surface area contributed by atoms with Gasteiger partial charge in [0, 0.05) is 13.1 Å². The van der Waals surface area contributed by atoms with Crippen LogP contribution in [0.25, 0.3) is 0 Å². The number of hydrogen-bond acceptors (Lipinski definition) is 4. The fourth-order valence-electron chi connectivity index (χ4n) is 1.50. The van der Waals surface area contributed by atoms with Crippen LogP contribution in [-0.4, -0.2) is 56.5 Å². The standard InChI is InChI=1S/C13H22N4O/c1-16(2)8-9-17(3)10-13(18)15-12-7-5-4-6-11(12)14/h4-7H,8-10,14H2,1-3H3,(H,15,18). The number of carbonyl (C=O) groups is 1. The van der Waals surface area contributed by atoms with E-state index in [1.807, 2.05) is 38.2 Å². The van der Waals surface area contributed by atoms with E-state index in [9.17, 15) is 4.79 Å². The normalized spacial score (nSPS) is 10.9. The molecule has 0 spiro atoms. The minimum Gasteiger partial charge on any atom is -0.397 e. The Kier molecular flexibility index (Phi) is 5.61. The molecule has 18 heavy (non-hydrogen) atoms. The van der Waals surface area contributed by atoms with Crippen molar-refractivity contribution in [3.63, 3.8) is 0 Å². The fourth-order valence-corrected chi connectivity index (χ4v) is 1.50. The van der Waals surface area contributed by atoms with E-state index in [-0.39, 0.29) is 5.91 Å². The number of anilines is 2. The second-order valence-corrected chi connectivity index (χ2v) is 4.68. The molecule has 0 saturated carbocycles. The van der Waals surface area contributed by atoms with Crippen molar-refractivity contribution >= 4 is 17.3 Å². The molecule has 0 bridgehead atoms. The Morgan fingerprint density at radius 2 is 1.89 bits per heavy atom. The van der Waals surface area contributed by atoms with Crippen molar-refractivity contribution in [1.29, 1.82) is 0 Å². The minimum absolute atomic E-state index is 0.0471. The summed E-state index contributed by atoms with van der Waals surface area (Å²) in [6, 6.07) is 7.26. The van der Waals surface area contributed by atoms with Crippen LogP contribution in [0.5, 0.6) is 0 Å². The highest BCUT2D eigenvalue weighted by Crippen LogP contribution is 2.16. The lowest BCUT2D eigenvalue weighted by Crippen LogP contribution is -2.35. The number of para-hydroxylation sites is 2. The van der Waals surface area contributed by atoms with Crippen molar-refractivity contribution < 1.29 is 4.79 Å². The Morgan fingerprint density at radius 1 is 1.22 bits per heavy atom. The van der Waals surface area contributed by atoms with Gasteiger partial charge in [0.05, 0.1) is 17.9 Å². The molecule has 100 valence electrons. The molecule has 1 aromatic rings. The van der Waals surface area contributed by atoms with Crippen molar-refractivity contribution in [3.8, 4) is 0 Å². The van der Waals surface area contributed by atoms with Crippen LogP contribution in [0.3, 0.4) is 0 Å². The molecule has 1 amide bonds. The fraction of sp³-hybridized carbons (Fsp3) is 0.462. The van der Waals surface area contributed by atoms with Crippen molar-refractivity contribution in [2.75, 3.05) is 51.8 Å². The van der Waals surface area contributed by atoms with Crippen LogP contribution in [0.2, 0.25) is 0 Å². The highest BCUT2D eigenvalue weighted by atomic mass is 16.2. The molecule has 3 N–H and O–H groups in total. The Hall–Kier alpha value is -1.59. The minimum atomic E-state index is -0.0471. The number of nitrogens with zero attached hydrogens (tertiary/aromatic N) is 2. The van der Waals surface area contributed by atoms with Gasteiger partial charge in [-0.15, -0.1) is 0 Å². The van der Waals surface area contributed by atoms with Crippen LogP contribution >= 0.6 is 0 Å². The third-order valence-corrected chi connectivity index (χ3v) is 2.58. The maximum atomic E-state index is 11.8. The Labute approximate surface area is 109 Å². The number of carbonyl (C=O) groups excluding carboxylic acids is 1. The van der Waals surface area contributed by atoms with Gasteiger partial charge in [-0.05, 0) is 33.3 Å². The summed E-state index contributed by atoms with van der Waals surface area (Å²) >= 11 is 0. The van der Waals surface area contributed by atoms with Gasteiger partial charge in [-0.3, -0.25) is 9.69 Å². The van der Waals surface area contributed by atoms with Crippen molar-refractivity contribution in [2.45, 2.75) is 0 Å². The first-order valence-electron chi connectivity index (χ1n) is 5.96. The topological polar surface area (TPSA) is 61.6 Å². The summed E-state index contributed by atoms with van der Waals surface area (Å²) in [6.07, 6.45) is 0. The first-order chi connectivity index (χ1) is 8.49. The lowest BCUT2D eigenvalue weighted by Gasteiger charge is -2.19. The van der Waals surface area contributed by atoms with Gasteiger partial charge >= 0.3 is 0 Å². The molecule has 5 heteroatoms. The van der Waals surface area contributed by atoms with Crippen LogP contribution in [0.1, 0.15) is 0 Å². The molecule has 1 rings (SSSR count). The predicted octanol–water partition coefficient (Wildman–Crippen LogP) is 0.701. The average Bonchev–Trinajstić information content (AvgIpc) is 2.29. The van der Waals surface area contributed by atoms with Crippen LogP contribution in [0.15, 0.2) is 24.3 Å². The highest BCUT2D eigenvalue weighted by Gasteiger charge is 2.08. The number of hydrogen-bond donors (Lipinski definition) is 2. The lowest BCUT2D eigenvalue weighted by molar-refractivity contribution is -0.117. The quantitative estimate of drug-likeness (QED) is 0.730. The molecule has 0 aliphatic rings. The van der Waals surface area contributed by atoms with E-state index < -0.39 is 0 Å². The van der Waals surface area contributed by atoms with Gasteiger partial charge in [-0.25, -0.2) is 0 Å². The van der Waals surface area contributed by atoms with E-state index in [0.29, 0.717) is 17.9 Å². The van der Waals surface area contributed by atoms with Crippen LogP contribution in [-0.2, 0) is 4.79 Å². The van der Waals surface area contributed by atoms with Crippen LogP contribution in [0, 0.1) is 0 Å². The summed E-state index contributed by atoms with van der Waals surface area (Å²) in [7, 11) is 5.95. The lowest BCUT2D eigenvalue weighted by atomic mass is 10.2. The molecule has 0 radical (unpaired) electrons. The molecule has 0 aromatic heterocycles. The van der Waals surface area contributed by atoms with Gasteiger partial charge < -0.3 is 16.0 Å². The van der Waals surface area contributed by atoms with E-state index in [1.54, 1.807) is 12.1 Å². The second kappa shape index (κ2) is 6.98. The average molecular weight is 250 g/mol. The first-order valence-corrected chi connectivity index (χ1v) is 5.96. The van der Waals surface area contributed by atoms with Crippen LogP contribution < -0.4 is 11.1 Å². The molecule has 1 aromatic carbocycles. The largest absolute Gasteiger partial charge is 0.397 e. The maximum Gasteiger partial charge on any atom is 0.238 e. The number of nitrogens with one attached hydrogen (secondary N) is 1. The number of rotatable bonds is 6. The molecule has 0 atom stereocenters. The summed E-state index contributed by atoms with van der Waals surface area (Å²) in [5.74, 6) is -0.0471. The summed E-state index contributed by atoms with van der Waals surface area (Å²) in [4.78, 5) is 15.9. The number of nitrogens with two attached hydrogens (primary N) is 1. The van der Waals surface area contributed by atoms with Crippen LogP contribution in [0.4, 0.5) is 11.4 Å². The SMILES string of the molecule is CN(C)CCN(C)CC(=O)Nc1ccccc1N. The van der Waals surface area contributed by atoms with Gasteiger partial charge in [0.15, 0.2) is 0 Å². The molecule has 0 aliphatic heterocycles. The number of likely N-dealkylation sites (N-methyl/N-ethyl adjacent to an activating group) is 2. The second-order valence-electron chi connectivity index (χ2n) is 4.68. The molecule has 0 fully saturated rings. The predicted molar refractivity (Wildman–Crippen MR) is 75.5 cm³/mol. The zero-order chi connectivity index (χ0) is 13.5. The van der Waals surface area contributed by atoms with Crippen molar-refractivity contribution in [3.05, 3.63) is 24.3 Å². The third kappa shape index (κ3) is 5.16. The molecule has 0 aliphatic carbocycles. The molecular weight excluding hydrogens is 228 g/mol. The van der Waals surface area contributed by atoms with Gasteiger partial charge in [0.1, 0.15) is 0 Å². The monoisotopic (exact) mass is 250 g/mol. The number of benzene rings is 1. The maximum absolute atomic E-state index is 11.8. The molecule has 0 saturated heterocycles. The van der Waals surface area contributed by atoms with E-state index in [0.717, 1.165) is 13.1 Å². The van der Waals surface area contributed by atoms with E-state index in [4.69, 9.17) is 5.73 Å². The summed E-state index contributed by atoms with van der Waals surface area (Å²) in [6.45, 7) is 2.14. The van der Waals surface area contributed by atoms with E-state index in [1.165, 1.54) is 0 Å². The zero-order valence-electron chi connectivity index (χ0n) is 11.3. The zero-order valence-corrected chi connectivity index (χ0v) is 11.3. The summed E-state index contributed by atoms with van der Waals surface area (Å²) < 4.78 is 0. The van der Waals surface area contributed by atoms with Gasteiger partial charge in [0.25, 0.3) is 0 Å². The number of amides is 1. The number of nitrogen functional groups attached to an aromatic ring is 1. The van der Waals surface area contributed by atoms with E-state index >= 15 is 0 Å². The summed E-state index contributed by atoms with van der Waals surface area (Å²) in [5.41, 5.74) is 7.02. The highest BCUT2D eigenvalue weighted by molar-refractivity contribution is 5.95. The molecular formula is C13H22N4O. The third-order valence-electron chi connectivity index (χ3n) is 2.58. The van der Waals surface area contributed by atoms with Gasteiger partial charge in [-0.2, -0.15) is 0 Å². The van der Waals surface area contributed by atoms with Crippen molar-refractivity contribution in [1.82, 2.24) is 9.80 Å². The Balaban J connectivity index is 2.40. The molecule has 5 nitrogen and oxygen atoms in total. The smallest absolute Gasteiger partial charge is 0.238 e.